The van der Waals surface area contributed by atoms with Crippen LogP contribution in [0.4, 0.5) is 0 Å². The van der Waals surface area contributed by atoms with Gasteiger partial charge in [-0.2, -0.15) is 0 Å². The lowest BCUT2D eigenvalue weighted by Gasteiger charge is -2.33. The highest BCUT2D eigenvalue weighted by molar-refractivity contribution is 5.29. The minimum absolute atomic E-state index is 0.0896. The normalized spacial score (nSPS) is 19.2. The minimum Gasteiger partial charge on any atom is -0.494 e. The molecule has 0 bridgehead atoms. The van der Waals surface area contributed by atoms with Gasteiger partial charge in [0.2, 0.25) is 0 Å². The number of aliphatic hydroxyl groups excluding tert-OH is 1. The summed E-state index contributed by atoms with van der Waals surface area (Å²) in [6.07, 6.45) is 5.51. The highest BCUT2D eigenvalue weighted by atomic mass is 16.5. The molecule has 1 aromatic rings. The van der Waals surface area contributed by atoms with E-state index in [1.807, 2.05) is 38.1 Å². The van der Waals surface area contributed by atoms with E-state index in [1.54, 1.807) is 0 Å². The second-order valence-electron chi connectivity index (χ2n) is 5.76. The maximum Gasteiger partial charge on any atom is 0.119 e. The molecule has 3 nitrogen and oxygen atoms in total. The Morgan fingerprint density at radius 1 is 1.05 bits per heavy atom. The molecule has 1 saturated carbocycles. The van der Waals surface area contributed by atoms with E-state index in [0.29, 0.717) is 19.1 Å². The van der Waals surface area contributed by atoms with Crippen LogP contribution in [0.2, 0.25) is 0 Å². The Bertz CT molecular complexity index is 395. The average molecular weight is 292 g/mol. The van der Waals surface area contributed by atoms with Crippen LogP contribution in [0, 0.1) is 5.92 Å². The van der Waals surface area contributed by atoms with Gasteiger partial charge in [-0.25, -0.2) is 0 Å². The molecule has 2 atom stereocenters. The topological polar surface area (TPSA) is 38.7 Å². The van der Waals surface area contributed by atoms with Crippen LogP contribution in [0.1, 0.15) is 57.6 Å². The van der Waals surface area contributed by atoms with Crippen LogP contribution < -0.4 is 4.74 Å². The number of ether oxygens (including phenoxy) is 2. The van der Waals surface area contributed by atoms with Crippen molar-refractivity contribution in [1.29, 1.82) is 0 Å². The molecule has 118 valence electrons. The van der Waals surface area contributed by atoms with Crippen molar-refractivity contribution in [2.24, 2.45) is 5.92 Å². The first kappa shape index (κ1) is 16.3. The Hall–Kier alpha value is -1.06. The van der Waals surface area contributed by atoms with Gasteiger partial charge in [0.15, 0.2) is 0 Å². The Balaban J connectivity index is 2.07. The van der Waals surface area contributed by atoms with Crippen molar-refractivity contribution in [2.75, 3.05) is 13.2 Å². The van der Waals surface area contributed by atoms with E-state index < -0.39 is 6.10 Å². The van der Waals surface area contributed by atoms with Crippen LogP contribution in [0.25, 0.3) is 0 Å². The monoisotopic (exact) mass is 292 g/mol. The van der Waals surface area contributed by atoms with Crippen LogP contribution in [0.5, 0.6) is 5.75 Å². The fraction of sp³-hybridized carbons (Fsp3) is 0.667. The summed E-state index contributed by atoms with van der Waals surface area (Å²) in [5.74, 6) is 1.32. The molecule has 0 amide bonds. The SMILES string of the molecule is CCOc1ccc(C(O)C(OCC)C2CCCCC2)cc1. The van der Waals surface area contributed by atoms with E-state index >= 15 is 0 Å². The zero-order valence-electron chi connectivity index (χ0n) is 13.3. The highest BCUT2D eigenvalue weighted by Crippen LogP contribution is 2.34. The first-order valence-electron chi connectivity index (χ1n) is 8.28. The number of rotatable bonds is 7. The van der Waals surface area contributed by atoms with Gasteiger partial charge in [-0.3, -0.25) is 0 Å². The molecule has 3 heteroatoms. The molecule has 0 spiro atoms. The first-order valence-corrected chi connectivity index (χ1v) is 8.28. The molecular weight excluding hydrogens is 264 g/mol. The van der Waals surface area contributed by atoms with Crippen LogP contribution in [0.3, 0.4) is 0 Å². The Labute approximate surface area is 128 Å². The smallest absolute Gasteiger partial charge is 0.119 e. The van der Waals surface area contributed by atoms with Crippen LogP contribution >= 0.6 is 0 Å². The summed E-state index contributed by atoms with van der Waals surface area (Å²) in [6.45, 7) is 5.28. The average Bonchev–Trinajstić information content (AvgIpc) is 2.54. The second kappa shape index (κ2) is 8.40. The van der Waals surface area contributed by atoms with E-state index in [2.05, 4.69) is 0 Å². The minimum atomic E-state index is -0.552. The first-order chi connectivity index (χ1) is 10.3. The molecular formula is C18H28O3. The lowest BCUT2D eigenvalue weighted by molar-refractivity contribution is -0.0739. The number of hydrogen-bond acceptors (Lipinski definition) is 3. The maximum atomic E-state index is 10.7. The third-order valence-electron chi connectivity index (χ3n) is 4.32. The van der Waals surface area contributed by atoms with Gasteiger partial charge in [-0.05, 0) is 50.3 Å². The van der Waals surface area contributed by atoms with E-state index in [-0.39, 0.29) is 6.10 Å². The summed E-state index contributed by atoms with van der Waals surface area (Å²) in [5.41, 5.74) is 0.919. The molecule has 21 heavy (non-hydrogen) atoms. The lowest BCUT2D eigenvalue weighted by atomic mass is 9.82. The summed E-state index contributed by atoms with van der Waals surface area (Å²) >= 11 is 0. The van der Waals surface area contributed by atoms with Crippen molar-refractivity contribution in [2.45, 2.75) is 58.2 Å². The van der Waals surface area contributed by atoms with Crippen molar-refractivity contribution < 1.29 is 14.6 Å². The fourth-order valence-electron chi connectivity index (χ4n) is 3.26. The lowest BCUT2D eigenvalue weighted by Crippen LogP contribution is -2.32. The van der Waals surface area contributed by atoms with Crippen molar-refractivity contribution in [3.05, 3.63) is 29.8 Å². The number of aliphatic hydroxyl groups is 1. The van der Waals surface area contributed by atoms with Crippen LogP contribution in [-0.4, -0.2) is 24.4 Å². The second-order valence-corrected chi connectivity index (χ2v) is 5.76. The molecule has 1 N–H and O–H groups in total. The summed E-state index contributed by atoms with van der Waals surface area (Å²) in [5, 5.41) is 10.7. The van der Waals surface area contributed by atoms with Crippen LogP contribution in [-0.2, 0) is 4.74 Å². The molecule has 2 unspecified atom stereocenters. The van der Waals surface area contributed by atoms with Crippen molar-refractivity contribution in [3.63, 3.8) is 0 Å². The predicted molar refractivity (Wildman–Crippen MR) is 84.6 cm³/mol. The summed E-state index contributed by atoms with van der Waals surface area (Å²) in [7, 11) is 0. The van der Waals surface area contributed by atoms with Crippen molar-refractivity contribution in [3.8, 4) is 5.75 Å². The molecule has 0 saturated heterocycles. The summed E-state index contributed by atoms with van der Waals surface area (Å²) in [4.78, 5) is 0. The Kier molecular flexibility index (Phi) is 6.52. The Morgan fingerprint density at radius 3 is 2.29 bits per heavy atom. The van der Waals surface area contributed by atoms with Gasteiger partial charge in [0.25, 0.3) is 0 Å². The van der Waals surface area contributed by atoms with E-state index in [1.165, 1.54) is 32.1 Å². The van der Waals surface area contributed by atoms with Gasteiger partial charge in [-0.1, -0.05) is 31.4 Å². The molecule has 1 fully saturated rings. The standard InChI is InChI=1S/C18H28O3/c1-3-20-16-12-10-14(11-13-16)17(19)18(21-4-2)15-8-6-5-7-9-15/h10-13,15,17-19H,3-9H2,1-2H3. The molecule has 1 aromatic carbocycles. The molecule has 0 aliphatic heterocycles. The molecule has 0 aromatic heterocycles. The molecule has 0 heterocycles. The number of benzene rings is 1. The summed E-state index contributed by atoms with van der Waals surface area (Å²) < 4.78 is 11.3. The van der Waals surface area contributed by atoms with Gasteiger partial charge < -0.3 is 14.6 Å². The zero-order chi connectivity index (χ0) is 15.1. The third kappa shape index (κ3) is 4.45. The quantitative estimate of drug-likeness (QED) is 0.822. The third-order valence-corrected chi connectivity index (χ3v) is 4.32. The molecule has 0 radical (unpaired) electrons. The van der Waals surface area contributed by atoms with Gasteiger partial charge in [0.05, 0.1) is 12.7 Å². The zero-order valence-corrected chi connectivity index (χ0v) is 13.3. The van der Waals surface area contributed by atoms with Gasteiger partial charge in [0.1, 0.15) is 11.9 Å². The highest BCUT2D eigenvalue weighted by Gasteiger charge is 2.30. The predicted octanol–water partition coefficient (Wildman–Crippen LogP) is 4.10. The van der Waals surface area contributed by atoms with E-state index in [0.717, 1.165) is 11.3 Å². The van der Waals surface area contributed by atoms with Gasteiger partial charge in [-0.15, -0.1) is 0 Å². The van der Waals surface area contributed by atoms with Gasteiger partial charge >= 0.3 is 0 Å². The molecule has 2 rings (SSSR count). The molecule has 1 aliphatic carbocycles. The van der Waals surface area contributed by atoms with Crippen LogP contribution in [0.15, 0.2) is 24.3 Å². The number of hydrogen-bond donors (Lipinski definition) is 1. The van der Waals surface area contributed by atoms with Gasteiger partial charge in [0, 0.05) is 6.61 Å². The maximum absolute atomic E-state index is 10.7. The van der Waals surface area contributed by atoms with E-state index in [4.69, 9.17) is 9.47 Å². The van der Waals surface area contributed by atoms with Crippen molar-refractivity contribution in [1.82, 2.24) is 0 Å². The fourth-order valence-corrected chi connectivity index (χ4v) is 3.26. The van der Waals surface area contributed by atoms with E-state index in [9.17, 15) is 5.11 Å². The Morgan fingerprint density at radius 2 is 1.71 bits per heavy atom. The van der Waals surface area contributed by atoms with Crippen molar-refractivity contribution >= 4 is 0 Å². The summed E-state index contributed by atoms with van der Waals surface area (Å²) in [6, 6.07) is 7.74. The largest absolute Gasteiger partial charge is 0.494 e. The molecule has 1 aliphatic rings.